The molecule has 2 saturated heterocycles. The molecule has 2 aromatic carbocycles. The zero-order valence-corrected chi connectivity index (χ0v) is 19.3. The van der Waals surface area contributed by atoms with E-state index in [-0.39, 0.29) is 11.9 Å². The Kier molecular flexibility index (Phi) is 7.20. The van der Waals surface area contributed by atoms with Gasteiger partial charge in [-0.25, -0.2) is 14.6 Å². The fourth-order valence-corrected chi connectivity index (χ4v) is 4.34. The van der Waals surface area contributed by atoms with Gasteiger partial charge in [-0.1, -0.05) is 42.5 Å². The monoisotopic (exact) mass is 470 g/mol. The van der Waals surface area contributed by atoms with Crippen molar-refractivity contribution in [1.82, 2.24) is 10.4 Å². The van der Waals surface area contributed by atoms with Crippen molar-refractivity contribution in [1.29, 1.82) is 0 Å². The molecule has 2 fully saturated rings. The van der Waals surface area contributed by atoms with Gasteiger partial charge in [0.25, 0.3) is 0 Å². The molecule has 4 rings (SSSR count). The molecule has 2 aliphatic heterocycles. The Morgan fingerprint density at radius 2 is 1.97 bits per heavy atom. The second kappa shape index (κ2) is 10.3. The summed E-state index contributed by atoms with van der Waals surface area (Å²) in [6, 6.07) is 14.6. The van der Waals surface area contributed by atoms with E-state index in [2.05, 4.69) is 5.43 Å². The maximum Gasteiger partial charge on any atom is 0.414 e. The van der Waals surface area contributed by atoms with Crippen LogP contribution >= 0.6 is 12.2 Å². The third kappa shape index (κ3) is 5.48. The van der Waals surface area contributed by atoms with Crippen molar-refractivity contribution in [3.05, 3.63) is 59.9 Å². The van der Waals surface area contributed by atoms with Gasteiger partial charge in [-0.05, 0) is 31.5 Å². The van der Waals surface area contributed by atoms with E-state index in [1.165, 1.54) is 17.9 Å². The van der Waals surface area contributed by atoms with Gasteiger partial charge in [0.05, 0.1) is 24.5 Å². The number of hydrogen-bond donors (Lipinski definition) is 1. The zero-order chi connectivity index (χ0) is 23.4. The lowest BCUT2D eigenvalue weighted by Crippen LogP contribution is -2.43. The molecule has 0 bridgehead atoms. The molecule has 1 atom stereocenters. The highest BCUT2D eigenvalue weighted by Gasteiger charge is 2.33. The minimum atomic E-state index is -0.514. The van der Waals surface area contributed by atoms with Crippen LogP contribution in [0.1, 0.15) is 25.3 Å². The highest BCUT2D eigenvalue weighted by atomic mass is 32.1. The maximum absolute atomic E-state index is 15.1. The molecule has 0 spiro atoms. The maximum atomic E-state index is 15.1. The number of thiocarbonyl (C=S) groups is 1. The van der Waals surface area contributed by atoms with E-state index in [4.69, 9.17) is 17.0 Å². The van der Waals surface area contributed by atoms with Crippen LogP contribution in [0.3, 0.4) is 0 Å². The van der Waals surface area contributed by atoms with Crippen molar-refractivity contribution in [2.45, 2.75) is 25.9 Å². The van der Waals surface area contributed by atoms with Crippen molar-refractivity contribution in [3.63, 3.8) is 0 Å². The summed E-state index contributed by atoms with van der Waals surface area (Å²) in [7, 11) is 0. The number of nitrogens with zero attached hydrogens (tertiary/aromatic N) is 3. The summed E-state index contributed by atoms with van der Waals surface area (Å²) in [6.07, 6.45) is -0.0485. The predicted molar refractivity (Wildman–Crippen MR) is 129 cm³/mol. The number of carbonyl (C=O) groups is 2. The first kappa shape index (κ1) is 23.1. The van der Waals surface area contributed by atoms with Gasteiger partial charge in [0.1, 0.15) is 22.7 Å². The molecule has 2 aromatic rings. The molecule has 0 unspecified atom stereocenters. The van der Waals surface area contributed by atoms with Gasteiger partial charge >= 0.3 is 6.09 Å². The molecular formula is C24H27FN4O3S. The number of nitrogens with one attached hydrogen (secondary N) is 1. The van der Waals surface area contributed by atoms with E-state index in [1.807, 2.05) is 40.2 Å². The lowest BCUT2D eigenvalue weighted by atomic mass is 10.1. The number of carbonyl (C=O) groups excluding carboxylic acids is 2. The molecule has 2 aliphatic rings. The van der Waals surface area contributed by atoms with Crippen LogP contribution < -0.4 is 15.2 Å². The van der Waals surface area contributed by atoms with Crippen LogP contribution in [-0.2, 0) is 9.53 Å². The number of hydrazine groups is 1. The molecule has 7 nitrogen and oxygen atoms in total. The van der Waals surface area contributed by atoms with Crippen LogP contribution in [0.15, 0.2) is 48.5 Å². The molecule has 33 heavy (non-hydrogen) atoms. The molecule has 0 aromatic heterocycles. The van der Waals surface area contributed by atoms with Crippen LogP contribution in [0, 0.1) is 5.82 Å². The normalized spacial score (nSPS) is 18.8. The fourth-order valence-electron chi connectivity index (χ4n) is 4.05. The summed E-state index contributed by atoms with van der Waals surface area (Å²) < 4.78 is 20.4. The molecular weight excluding hydrogens is 443 g/mol. The number of cyclic esters (lactones) is 1. The van der Waals surface area contributed by atoms with Crippen molar-refractivity contribution < 1.29 is 18.7 Å². The number of anilines is 2. The smallest absolute Gasteiger partial charge is 0.414 e. The Morgan fingerprint density at radius 1 is 1.18 bits per heavy atom. The van der Waals surface area contributed by atoms with Crippen LogP contribution in [0.25, 0.3) is 0 Å². The molecule has 9 heteroatoms. The number of benzene rings is 2. The van der Waals surface area contributed by atoms with Gasteiger partial charge in [-0.2, -0.15) is 0 Å². The first-order valence-electron chi connectivity index (χ1n) is 11.0. The number of hydrogen-bond acceptors (Lipinski definition) is 6. The van der Waals surface area contributed by atoms with Gasteiger partial charge < -0.3 is 14.4 Å². The largest absolute Gasteiger partial charge is 0.444 e. The van der Waals surface area contributed by atoms with E-state index >= 15 is 4.39 Å². The molecule has 174 valence electrons. The first-order valence-corrected chi connectivity index (χ1v) is 11.5. The third-order valence-corrected chi connectivity index (χ3v) is 6.28. The van der Waals surface area contributed by atoms with Crippen molar-refractivity contribution in [2.75, 3.05) is 42.5 Å². The Morgan fingerprint density at radius 3 is 2.70 bits per heavy atom. The fraction of sp³-hybridized carbons (Fsp3) is 0.375. The molecule has 0 saturated carbocycles. The zero-order valence-electron chi connectivity index (χ0n) is 18.5. The predicted octanol–water partition coefficient (Wildman–Crippen LogP) is 3.52. The number of ketones is 1. The summed E-state index contributed by atoms with van der Waals surface area (Å²) >= 11 is 5.62. The average Bonchev–Trinajstić information content (AvgIpc) is 3.02. The first-order chi connectivity index (χ1) is 15.9. The SMILES string of the molecule is CC(=O)CC[C@H]1CN(c2ccc(N3CCNN(C(=S)c4ccccc4)CC3)c(F)c2)C(=O)O1. The van der Waals surface area contributed by atoms with E-state index in [0.717, 1.165) is 5.56 Å². The molecule has 1 N–H and O–H groups in total. The lowest BCUT2D eigenvalue weighted by molar-refractivity contribution is -0.117. The summed E-state index contributed by atoms with van der Waals surface area (Å²) in [5.74, 6) is -0.346. The minimum Gasteiger partial charge on any atom is -0.444 e. The summed E-state index contributed by atoms with van der Waals surface area (Å²) in [5, 5.41) is 1.93. The number of Topliss-reactive ketones (excluding diaryl/α,β-unsaturated/α-hetero) is 1. The summed E-state index contributed by atoms with van der Waals surface area (Å²) in [4.78, 5) is 27.5. The molecule has 0 radical (unpaired) electrons. The molecule has 1 amide bonds. The Hall–Kier alpha value is -3.04. The standard InChI is InChI=1S/C24H27FN4O3S/c1-17(30)7-9-20-16-28(24(31)32-20)19-8-10-22(21(25)15-19)27-12-11-26-29(14-13-27)23(33)18-5-3-2-4-6-18/h2-6,8,10,15,20,26H,7,9,11-14,16H2,1H3/t20-/m0/s1. The highest BCUT2D eigenvalue weighted by molar-refractivity contribution is 7.80. The second-order valence-corrected chi connectivity index (χ2v) is 8.60. The minimum absolute atomic E-state index is 0.0509. The van der Waals surface area contributed by atoms with Gasteiger partial charge in [-0.15, -0.1) is 0 Å². The van der Waals surface area contributed by atoms with E-state index in [0.29, 0.717) is 61.9 Å². The number of rotatable bonds is 6. The lowest BCUT2D eigenvalue weighted by Gasteiger charge is -2.25. The number of ether oxygens (including phenoxy) is 1. The number of amides is 1. The van der Waals surface area contributed by atoms with Gasteiger partial charge in [-0.3, -0.25) is 9.91 Å². The van der Waals surface area contributed by atoms with Gasteiger partial charge in [0.2, 0.25) is 0 Å². The van der Waals surface area contributed by atoms with Crippen molar-refractivity contribution in [2.24, 2.45) is 0 Å². The van der Waals surface area contributed by atoms with Gasteiger partial charge in [0, 0.05) is 31.6 Å². The van der Waals surface area contributed by atoms with Gasteiger partial charge in [0.15, 0.2) is 0 Å². The summed E-state index contributed by atoms with van der Waals surface area (Å²) in [6.45, 7) is 4.24. The Balaban J connectivity index is 1.40. The van der Waals surface area contributed by atoms with Crippen molar-refractivity contribution in [3.8, 4) is 0 Å². The van der Waals surface area contributed by atoms with E-state index < -0.39 is 11.9 Å². The Bertz CT molecular complexity index is 1040. The highest BCUT2D eigenvalue weighted by Crippen LogP contribution is 2.29. The van der Waals surface area contributed by atoms with Crippen LogP contribution in [-0.4, -0.2) is 60.7 Å². The van der Waals surface area contributed by atoms with Crippen LogP contribution in [0.4, 0.5) is 20.6 Å². The quantitative estimate of drug-likeness (QED) is 0.648. The summed E-state index contributed by atoms with van der Waals surface area (Å²) in [5.41, 5.74) is 5.21. The third-order valence-electron chi connectivity index (χ3n) is 5.82. The molecule has 2 heterocycles. The van der Waals surface area contributed by atoms with Crippen LogP contribution in [0.2, 0.25) is 0 Å². The molecule has 0 aliphatic carbocycles. The average molecular weight is 471 g/mol. The van der Waals surface area contributed by atoms with Crippen LogP contribution in [0.5, 0.6) is 0 Å². The van der Waals surface area contributed by atoms with E-state index in [1.54, 1.807) is 12.1 Å². The second-order valence-electron chi connectivity index (χ2n) is 8.21. The number of halogens is 1. The van der Waals surface area contributed by atoms with Crippen molar-refractivity contribution >= 4 is 40.5 Å². The topological polar surface area (TPSA) is 65.1 Å². The van der Waals surface area contributed by atoms with E-state index in [9.17, 15) is 9.59 Å². The Labute approximate surface area is 198 Å².